The standard InChI is InChI=1S/C18H17N3O3S3/c1-11-16(26-17(20-11)13-6-8-25-10-13)18(22)21-7-5-12-9-14(3-4-15(12)21)27(23,24)19-2/h3-4,6,8-10,19H,5,7H2,1-2H3. The van der Waals surface area contributed by atoms with Crippen LogP contribution in [0.25, 0.3) is 10.6 Å². The molecule has 140 valence electrons. The Kier molecular flexibility index (Phi) is 4.63. The third kappa shape index (κ3) is 3.20. The summed E-state index contributed by atoms with van der Waals surface area (Å²) in [7, 11) is -2.11. The van der Waals surface area contributed by atoms with Gasteiger partial charge in [0.2, 0.25) is 10.0 Å². The summed E-state index contributed by atoms with van der Waals surface area (Å²) in [5.74, 6) is -0.0885. The first-order chi connectivity index (χ1) is 12.9. The zero-order valence-electron chi connectivity index (χ0n) is 14.7. The molecule has 1 aromatic carbocycles. The summed E-state index contributed by atoms with van der Waals surface area (Å²) in [6, 6.07) is 6.88. The number of nitrogens with zero attached hydrogens (tertiary/aromatic N) is 2. The van der Waals surface area contributed by atoms with Gasteiger partial charge < -0.3 is 4.90 Å². The van der Waals surface area contributed by atoms with E-state index in [9.17, 15) is 13.2 Å². The summed E-state index contributed by atoms with van der Waals surface area (Å²) in [6.07, 6.45) is 0.628. The molecule has 27 heavy (non-hydrogen) atoms. The van der Waals surface area contributed by atoms with Gasteiger partial charge in [-0.1, -0.05) is 0 Å². The Morgan fingerprint density at radius 1 is 1.30 bits per heavy atom. The number of amides is 1. The van der Waals surface area contributed by atoms with E-state index in [1.54, 1.807) is 28.4 Å². The predicted octanol–water partition coefficient (Wildman–Crippen LogP) is 3.29. The third-order valence-corrected chi connectivity index (χ3v) is 7.82. The number of carbonyl (C=O) groups excluding carboxylic acids is 1. The highest BCUT2D eigenvalue weighted by Gasteiger charge is 2.29. The Bertz CT molecular complexity index is 1120. The number of carbonyl (C=O) groups is 1. The Hall–Kier alpha value is -2.07. The molecule has 1 aliphatic rings. The van der Waals surface area contributed by atoms with Crippen LogP contribution < -0.4 is 9.62 Å². The molecule has 0 saturated carbocycles. The molecular formula is C18H17N3O3S3. The molecule has 3 aromatic rings. The molecule has 0 radical (unpaired) electrons. The number of anilines is 1. The third-order valence-electron chi connectivity index (χ3n) is 4.53. The number of sulfonamides is 1. The number of aromatic nitrogens is 1. The second-order valence-electron chi connectivity index (χ2n) is 6.15. The van der Waals surface area contributed by atoms with Crippen LogP contribution in [0.5, 0.6) is 0 Å². The van der Waals surface area contributed by atoms with Crippen molar-refractivity contribution in [3.8, 4) is 10.6 Å². The highest BCUT2D eigenvalue weighted by atomic mass is 32.2. The summed E-state index contributed by atoms with van der Waals surface area (Å²) < 4.78 is 26.3. The van der Waals surface area contributed by atoms with Gasteiger partial charge in [-0.25, -0.2) is 18.1 Å². The number of hydrogen-bond acceptors (Lipinski definition) is 6. The highest BCUT2D eigenvalue weighted by molar-refractivity contribution is 7.89. The van der Waals surface area contributed by atoms with Crippen molar-refractivity contribution in [2.45, 2.75) is 18.2 Å². The summed E-state index contributed by atoms with van der Waals surface area (Å²) in [5, 5.41) is 4.84. The molecule has 1 N–H and O–H groups in total. The molecule has 0 bridgehead atoms. The van der Waals surface area contributed by atoms with E-state index in [0.717, 1.165) is 21.8 Å². The predicted molar refractivity (Wildman–Crippen MR) is 108 cm³/mol. The lowest BCUT2D eigenvalue weighted by atomic mass is 10.2. The van der Waals surface area contributed by atoms with Crippen LogP contribution in [0, 0.1) is 6.92 Å². The van der Waals surface area contributed by atoms with Gasteiger partial charge in [0, 0.05) is 23.2 Å². The van der Waals surface area contributed by atoms with E-state index in [1.807, 2.05) is 23.8 Å². The fourth-order valence-corrected chi connectivity index (χ4v) is 5.61. The van der Waals surface area contributed by atoms with Crippen LogP contribution in [0.1, 0.15) is 20.9 Å². The molecule has 0 saturated heterocycles. The summed E-state index contributed by atoms with van der Waals surface area (Å²) in [5.41, 5.74) is 3.37. The lowest BCUT2D eigenvalue weighted by Gasteiger charge is -2.17. The fourth-order valence-electron chi connectivity index (χ4n) is 3.10. The maximum Gasteiger partial charge on any atom is 0.270 e. The molecule has 6 nitrogen and oxygen atoms in total. The van der Waals surface area contributed by atoms with E-state index in [2.05, 4.69) is 9.71 Å². The number of nitrogens with one attached hydrogen (secondary N) is 1. The molecule has 0 unspecified atom stereocenters. The molecule has 1 aliphatic heterocycles. The van der Waals surface area contributed by atoms with Crippen LogP contribution in [0.4, 0.5) is 5.69 Å². The van der Waals surface area contributed by atoms with Crippen molar-refractivity contribution >= 4 is 44.3 Å². The summed E-state index contributed by atoms with van der Waals surface area (Å²) >= 11 is 2.99. The maximum absolute atomic E-state index is 13.1. The largest absolute Gasteiger partial charge is 0.307 e. The number of thiazole rings is 1. The van der Waals surface area contributed by atoms with Crippen LogP contribution in [-0.2, 0) is 16.4 Å². The number of hydrogen-bond donors (Lipinski definition) is 1. The molecule has 9 heteroatoms. The van der Waals surface area contributed by atoms with E-state index >= 15 is 0 Å². The van der Waals surface area contributed by atoms with Crippen molar-refractivity contribution in [2.24, 2.45) is 0 Å². The lowest BCUT2D eigenvalue weighted by molar-refractivity contribution is 0.0992. The van der Waals surface area contributed by atoms with Gasteiger partial charge in [0.1, 0.15) is 9.88 Å². The molecule has 3 heterocycles. The first kappa shape index (κ1) is 18.3. The second kappa shape index (κ2) is 6.83. The van der Waals surface area contributed by atoms with Crippen LogP contribution in [0.15, 0.2) is 39.9 Å². The minimum absolute atomic E-state index is 0.0885. The minimum atomic E-state index is -3.50. The Morgan fingerprint density at radius 3 is 2.81 bits per heavy atom. The van der Waals surface area contributed by atoms with Crippen molar-refractivity contribution in [1.29, 1.82) is 0 Å². The number of rotatable bonds is 4. The van der Waals surface area contributed by atoms with Gasteiger partial charge in [-0.2, -0.15) is 11.3 Å². The zero-order valence-corrected chi connectivity index (χ0v) is 17.2. The zero-order chi connectivity index (χ0) is 19.2. The van der Waals surface area contributed by atoms with Gasteiger partial charge in [0.25, 0.3) is 5.91 Å². The molecule has 2 aromatic heterocycles. The average molecular weight is 420 g/mol. The summed E-state index contributed by atoms with van der Waals surface area (Å²) in [4.78, 5) is 20.2. The van der Waals surface area contributed by atoms with Gasteiger partial charge in [-0.15, -0.1) is 11.3 Å². The lowest BCUT2D eigenvalue weighted by Crippen LogP contribution is -2.28. The van der Waals surface area contributed by atoms with Gasteiger partial charge in [0.05, 0.1) is 10.6 Å². The van der Waals surface area contributed by atoms with Crippen molar-refractivity contribution in [3.05, 3.63) is 51.2 Å². The Labute approximate surface area is 165 Å². The van der Waals surface area contributed by atoms with E-state index in [0.29, 0.717) is 23.5 Å². The number of aryl methyl sites for hydroxylation is 1. The van der Waals surface area contributed by atoms with Crippen molar-refractivity contribution in [2.75, 3.05) is 18.5 Å². The number of benzene rings is 1. The highest BCUT2D eigenvalue weighted by Crippen LogP contribution is 2.35. The molecule has 0 fully saturated rings. The monoisotopic (exact) mass is 419 g/mol. The maximum atomic E-state index is 13.1. The number of fused-ring (bicyclic) bond motifs is 1. The van der Waals surface area contributed by atoms with Gasteiger partial charge in [0.15, 0.2) is 0 Å². The van der Waals surface area contributed by atoms with Gasteiger partial charge in [-0.3, -0.25) is 4.79 Å². The smallest absolute Gasteiger partial charge is 0.270 e. The summed E-state index contributed by atoms with van der Waals surface area (Å²) in [6.45, 7) is 2.38. The quantitative estimate of drug-likeness (QED) is 0.704. The minimum Gasteiger partial charge on any atom is -0.307 e. The topological polar surface area (TPSA) is 79.4 Å². The normalized spacial score (nSPS) is 13.8. The van der Waals surface area contributed by atoms with Crippen molar-refractivity contribution in [3.63, 3.8) is 0 Å². The molecule has 4 rings (SSSR count). The number of thiophene rings is 1. The van der Waals surface area contributed by atoms with E-state index in [-0.39, 0.29) is 10.8 Å². The van der Waals surface area contributed by atoms with Crippen LogP contribution >= 0.6 is 22.7 Å². The SMILES string of the molecule is CNS(=O)(=O)c1ccc2c(c1)CCN2C(=O)c1sc(-c2ccsc2)nc1C. The molecule has 0 aliphatic carbocycles. The van der Waals surface area contributed by atoms with Gasteiger partial charge in [-0.05, 0) is 55.6 Å². The fraction of sp³-hybridized carbons (Fsp3) is 0.222. The first-order valence-corrected chi connectivity index (χ1v) is 11.5. The Balaban J connectivity index is 1.66. The van der Waals surface area contributed by atoms with Crippen molar-refractivity contribution < 1.29 is 13.2 Å². The van der Waals surface area contributed by atoms with Crippen LogP contribution in [-0.4, -0.2) is 32.9 Å². The van der Waals surface area contributed by atoms with E-state index in [1.165, 1.54) is 24.5 Å². The van der Waals surface area contributed by atoms with Crippen LogP contribution in [0.2, 0.25) is 0 Å². The second-order valence-corrected chi connectivity index (χ2v) is 9.82. The molecule has 0 atom stereocenters. The van der Waals surface area contributed by atoms with E-state index < -0.39 is 10.0 Å². The van der Waals surface area contributed by atoms with Crippen LogP contribution in [0.3, 0.4) is 0 Å². The molecule has 0 spiro atoms. The molecule has 1 amide bonds. The average Bonchev–Trinajstić information content (AvgIpc) is 3.39. The van der Waals surface area contributed by atoms with Gasteiger partial charge >= 0.3 is 0 Å². The Morgan fingerprint density at radius 2 is 2.11 bits per heavy atom. The molecular weight excluding hydrogens is 402 g/mol. The first-order valence-electron chi connectivity index (χ1n) is 8.29. The van der Waals surface area contributed by atoms with Crippen molar-refractivity contribution in [1.82, 2.24) is 9.71 Å². The van der Waals surface area contributed by atoms with E-state index in [4.69, 9.17) is 0 Å².